The monoisotopic (exact) mass is 377 g/mol. The van der Waals surface area contributed by atoms with Crippen molar-refractivity contribution >= 4 is 15.7 Å². The van der Waals surface area contributed by atoms with Crippen LogP contribution in [0.5, 0.6) is 0 Å². The summed E-state index contributed by atoms with van der Waals surface area (Å²) in [5, 5.41) is 2.45. The van der Waals surface area contributed by atoms with Crippen LogP contribution in [0.2, 0.25) is 0 Å². The summed E-state index contributed by atoms with van der Waals surface area (Å²) in [4.78, 5) is 12.6. The number of hydrogen-bond donors (Lipinski definition) is 1. The minimum atomic E-state index is -4.69. The highest BCUT2D eigenvalue weighted by molar-refractivity contribution is 7.91. The molecule has 138 valence electrons. The first kappa shape index (κ1) is 18.2. The van der Waals surface area contributed by atoms with E-state index in [0.29, 0.717) is 5.56 Å². The number of ether oxygens (including phenoxy) is 1. The number of sulfone groups is 1. The van der Waals surface area contributed by atoms with Gasteiger partial charge in [-0.2, -0.15) is 13.2 Å². The maximum atomic E-state index is 13.6. The van der Waals surface area contributed by atoms with Gasteiger partial charge in [0.15, 0.2) is 9.84 Å². The normalized spacial score (nSPS) is 25.0. The van der Waals surface area contributed by atoms with Crippen LogP contribution in [-0.2, 0) is 19.4 Å². The van der Waals surface area contributed by atoms with Crippen LogP contribution in [0.15, 0.2) is 29.2 Å². The van der Waals surface area contributed by atoms with Gasteiger partial charge in [-0.25, -0.2) is 8.42 Å². The quantitative estimate of drug-likeness (QED) is 0.859. The van der Waals surface area contributed by atoms with Crippen LogP contribution in [0.3, 0.4) is 0 Å². The Morgan fingerprint density at radius 1 is 1.20 bits per heavy atom. The van der Waals surface area contributed by atoms with Crippen molar-refractivity contribution in [3.63, 3.8) is 0 Å². The summed E-state index contributed by atoms with van der Waals surface area (Å²) in [7, 11) is -3.47. The number of alkyl halides is 3. The Hall–Kier alpha value is -1.61. The van der Waals surface area contributed by atoms with Crippen molar-refractivity contribution in [1.82, 2.24) is 5.32 Å². The van der Waals surface area contributed by atoms with E-state index in [1.807, 2.05) is 0 Å². The topological polar surface area (TPSA) is 72.5 Å². The molecular weight excluding hydrogens is 359 g/mol. The molecule has 1 aromatic rings. The third-order valence-corrected chi connectivity index (χ3v) is 6.75. The zero-order valence-electron chi connectivity index (χ0n) is 13.3. The molecule has 25 heavy (non-hydrogen) atoms. The predicted molar refractivity (Wildman–Crippen MR) is 82.5 cm³/mol. The fourth-order valence-corrected chi connectivity index (χ4v) is 5.02. The number of fused-ring (bicyclic) bond motifs is 1. The lowest BCUT2D eigenvalue weighted by molar-refractivity contribution is -0.240. The molecule has 1 N–H and O–H groups in total. The maximum Gasteiger partial charge on any atom is 0.403 e. The van der Waals surface area contributed by atoms with Gasteiger partial charge in [-0.3, -0.25) is 4.79 Å². The number of nitrogens with one attached hydrogen (secondary N) is 1. The molecule has 9 heteroatoms. The smallest absolute Gasteiger partial charge is 0.381 e. The van der Waals surface area contributed by atoms with E-state index < -0.39 is 46.2 Å². The number of carbonyl (C=O) groups is 1. The number of rotatable bonds is 2. The van der Waals surface area contributed by atoms with Crippen molar-refractivity contribution in [3.05, 3.63) is 29.8 Å². The molecule has 0 bridgehead atoms. The predicted octanol–water partition coefficient (Wildman–Crippen LogP) is 2.38. The van der Waals surface area contributed by atoms with E-state index in [-0.39, 0.29) is 30.3 Å². The third-order valence-electron chi connectivity index (χ3n) is 4.93. The van der Waals surface area contributed by atoms with Crippen molar-refractivity contribution in [2.45, 2.75) is 36.4 Å². The van der Waals surface area contributed by atoms with E-state index in [9.17, 15) is 26.4 Å². The number of hydrogen-bond acceptors (Lipinski definition) is 4. The molecule has 1 fully saturated rings. The second-order valence-corrected chi connectivity index (χ2v) is 8.44. The Bertz CT molecular complexity index is 770. The standard InChI is InChI=1S/C16H18F3NO4S/c17-16(18,19)15(6-8-24-9-7-15)14(21)20-12-5-10-25(22,23)13-4-2-1-3-11(12)13/h1-4,12H,5-10H2,(H,20,21). The Kier molecular flexibility index (Phi) is 4.57. The first-order valence-electron chi connectivity index (χ1n) is 7.94. The summed E-state index contributed by atoms with van der Waals surface area (Å²) in [6, 6.07) is 5.34. The molecule has 2 aliphatic heterocycles. The summed E-state index contributed by atoms with van der Waals surface area (Å²) in [5.74, 6) is -1.32. The number of benzene rings is 1. The Balaban J connectivity index is 1.90. The fourth-order valence-electron chi connectivity index (χ4n) is 3.40. The van der Waals surface area contributed by atoms with Gasteiger partial charge < -0.3 is 10.1 Å². The molecule has 0 aromatic heterocycles. The summed E-state index contributed by atoms with van der Waals surface area (Å²) in [6.07, 6.45) is -5.51. The van der Waals surface area contributed by atoms with Crippen molar-refractivity contribution < 1.29 is 31.1 Å². The molecule has 0 spiro atoms. The number of carbonyl (C=O) groups excluding carboxylic acids is 1. The first-order chi connectivity index (χ1) is 11.7. The van der Waals surface area contributed by atoms with E-state index in [2.05, 4.69) is 5.32 Å². The molecule has 1 atom stereocenters. The SMILES string of the molecule is O=C(NC1CCS(=O)(=O)c2ccccc21)C1(C(F)(F)F)CCOCC1. The van der Waals surface area contributed by atoms with Crippen LogP contribution < -0.4 is 5.32 Å². The molecule has 2 aliphatic rings. The van der Waals surface area contributed by atoms with Crippen molar-refractivity contribution in [2.75, 3.05) is 19.0 Å². The molecule has 5 nitrogen and oxygen atoms in total. The summed E-state index contributed by atoms with van der Waals surface area (Å²) in [6.45, 7) is -0.273. The molecule has 2 heterocycles. The summed E-state index contributed by atoms with van der Waals surface area (Å²) in [5.41, 5.74) is -2.15. The van der Waals surface area contributed by atoms with Gasteiger partial charge in [0.1, 0.15) is 5.41 Å². The van der Waals surface area contributed by atoms with E-state index >= 15 is 0 Å². The average molecular weight is 377 g/mol. The third kappa shape index (κ3) is 3.15. The van der Waals surface area contributed by atoms with E-state index in [0.717, 1.165) is 0 Å². The van der Waals surface area contributed by atoms with Crippen LogP contribution in [-0.4, -0.2) is 39.5 Å². The molecule has 1 unspecified atom stereocenters. The van der Waals surface area contributed by atoms with Gasteiger partial charge in [0, 0.05) is 13.2 Å². The molecular formula is C16H18F3NO4S. The Morgan fingerprint density at radius 3 is 2.48 bits per heavy atom. The van der Waals surface area contributed by atoms with Gasteiger partial charge in [0.25, 0.3) is 0 Å². The second kappa shape index (κ2) is 6.28. The van der Waals surface area contributed by atoms with Gasteiger partial charge in [-0.15, -0.1) is 0 Å². The summed E-state index contributed by atoms with van der Waals surface area (Å²) >= 11 is 0. The van der Waals surface area contributed by atoms with E-state index in [4.69, 9.17) is 4.74 Å². The molecule has 1 saturated heterocycles. The van der Waals surface area contributed by atoms with Crippen LogP contribution in [0.4, 0.5) is 13.2 Å². The number of halogens is 3. The molecule has 1 amide bonds. The van der Waals surface area contributed by atoms with Crippen LogP contribution in [0.1, 0.15) is 30.9 Å². The first-order valence-corrected chi connectivity index (χ1v) is 9.60. The Labute approximate surface area is 143 Å². The molecule has 0 saturated carbocycles. The van der Waals surface area contributed by atoms with Crippen molar-refractivity contribution in [3.8, 4) is 0 Å². The highest BCUT2D eigenvalue weighted by Gasteiger charge is 2.60. The van der Waals surface area contributed by atoms with Crippen molar-refractivity contribution in [1.29, 1.82) is 0 Å². The van der Waals surface area contributed by atoms with E-state index in [1.54, 1.807) is 12.1 Å². The molecule has 0 radical (unpaired) electrons. The zero-order valence-corrected chi connectivity index (χ0v) is 14.1. The van der Waals surface area contributed by atoms with Crippen LogP contribution in [0, 0.1) is 5.41 Å². The Morgan fingerprint density at radius 2 is 1.84 bits per heavy atom. The highest BCUT2D eigenvalue weighted by atomic mass is 32.2. The molecule has 3 rings (SSSR count). The minimum absolute atomic E-state index is 0.0511. The number of amides is 1. The highest BCUT2D eigenvalue weighted by Crippen LogP contribution is 2.46. The van der Waals surface area contributed by atoms with Gasteiger partial charge in [-0.05, 0) is 30.9 Å². The zero-order chi connectivity index (χ0) is 18.3. The average Bonchev–Trinajstić information content (AvgIpc) is 2.57. The van der Waals surface area contributed by atoms with Crippen LogP contribution in [0.25, 0.3) is 0 Å². The van der Waals surface area contributed by atoms with Gasteiger partial charge in [-0.1, -0.05) is 18.2 Å². The second-order valence-electron chi connectivity index (χ2n) is 6.36. The maximum absolute atomic E-state index is 13.6. The van der Waals surface area contributed by atoms with Crippen molar-refractivity contribution in [2.24, 2.45) is 5.41 Å². The molecule has 0 aliphatic carbocycles. The lowest BCUT2D eigenvalue weighted by Gasteiger charge is -2.38. The van der Waals surface area contributed by atoms with Gasteiger partial charge in [0.05, 0.1) is 16.7 Å². The lowest BCUT2D eigenvalue weighted by atomic mass is 9.78. The van der Waals surface area contributed by atoms with Gasteiger partial charge >= 0.3 is 6.18 Å². The molecule has 1 aromatic carbocycles. The largest absolute Gasteiger partial charge is 0.403 e. The minimum Gasteiger partial charge on any atom is -0.381 e. The van der Waals surface area contributed by atoms with Gasteiger partial charge in [0.2, 0.25) is 5.91 Å². The fraction of sp³-hybridized carbons (Fsp3) is 0.562. The summed E-state index contributed by atoms with van der Waals surface area (Å²) < 4.78 is 70.0. The lowest BCUT2D eigenvalue weighted by Crippen LogP contribution is -2.54. The van der Waals surface area contributed by atoms with E-state index in [1.165, 1.54) is 12.1 Å². The van der Waals surface area contributed by atoms with Crippen LogP contribution >= 0.6 is 0 Å².